The van der Waals surface area contributed by atoms with Crippen LogP contribution in [0.4, 0.5) is 0 Å². The monoisotopic (exact) mass is 216 g/mol. The van der Waals surface area contributed by atoms with Crippen molar-refractivity contribution < 1.29 is 9.90 Å². The van der Waals surface area contributed by atoms with Gasteiger partial charge in [-0.3, -0.25) is 0 Å². The first kappa shape index (κ1) is 10.0. The Morgan fingerprint density at radius 3 is 2.69 bits per heavy atom. The van der Waals surface area contributed by atoms with E-state index in [1.165, 1.54) is 29.6 Å². The molecule has 0 atom stereocenters. The Labute approximate surface area is 90.9 Å². The number of carboxylic acids is 1. The van der Waals surface area contributed by atoms with Gasteiger partial charge in [-0.25, -0.2) is 9.47 Å². The summed E-state index contributed by atoms with van der Waals surface area (Å²) in [5, 5.41) is 20.1. The first-order valence-electron chi connectivity index (χ1n) is 4.48. The Kier molecular flexibility index (Phi) is 2.73. The summed E-state index contributed by atoms with van der Waals surface area (Å²) in [6, 6.07) is 6.62. The summed E-state index contributed by atoms with van der Waals surface area (Å²) >= 11 is 0. The van der Waals surface area contributed by atoms with Crippen molar-refractivity contribution >= 4 is 12.2 Å². The van der Waals surface area contributed by atoms with Gasteiger partial charge >= 0.3 is 5.97 Å². The molecular weight excluding hydrogens is 208 g/mol. The number of aromatic carboxylic acids is 1. The van der Waals surface area contributed by atoms with E-state index in [2.05, 4.69) is 15.3 Å². The van der Waals surface area contributed by atoms with Crippen LogP contribution in [-0.4, -0.2) is 32.2 Å². The summed E-state index contributed by atoms with van der Waals surface area (Å²) in [7, 11) is 0. The largest absolute Gasteiger partial charge is 0.478 e. The Hall–Kier alpha value is -2.50. The van der Waals surface area contributed by atoms with E-state index in [9.17, 15) is 4.79 Å². The van der Waals surface area contributed by atoms with Crippen molar-refractivity contribution in [1.82, 2.24) is 14.9 Å². The highest BCUT2D eigenvalue weighted by molar-refractivity contribution is 5.98. The van der Waals surface area contributed by atoms with Crippen LogP contribution >= 0.6 is 0 Å². The molecule has 80 valence electrons. The quantitative estimate of drug-likeness (QED) is 0.771. The second-order valence-corrected chi connectivity index (χ2v) is 2.98. The third-order valence-electron chi connectivity index (χ3n) is 1.93. The zero-order chi connectivity index (χ0) is 11.4. The second kappa shape index (κ2) is 4.35. The van der Waals surface area contributed by atoms with Crippen LogP contribution in [0.2, 0.25) is 0 Å². The van der Waals surface area contributed by atoms with Crippen molar-refractivity contribution in [2.24, 2.45) is 5.10 Å². The number of aromatic nitrogens is 3. The maximum Gasteiger partial charge on any atom is 0.336 e. The molecule has 1 N–H and O–H groups in total. The van der Waals surface area contributed by atoms with E-state index in [1.807, 2.05) is 0 Å². The topological polar surface area (TPSA) is 80.4 Å². The molecule has 16 heavy (non-hydrogen) atoms. The molecule has 1 aromatic carbocycles. The lowest BCUT2D eigenvalue weighted by Gasteiger charge is -1.98. The SMILES string of the molecule is O=C(O)c1ccccc1/C=N\n1cnnc1. The minimum atomic E-state index is -0.981. The molecule has 0 unspecified atom stereocenters. The van der Waals surface area contributed by atoms with Crippen molar-refractivity contribution in [3.8, 4) is 0 Å². The average molecular weight is 216 g/mol. The first-order chi connectivity index (χ1) is 7.77. The molecular formula is C10H8N4O2. The van der Waals surface area contributed by atoms with Crippen LogP contribution in [0, 0.1) is 0 Å². The van der Waals surface area contributed by atoms with Gasteiger partial charge in [0.05, 0.1) is 11.8 Å². The van der Waals surface area contributed by atoms with Gasteiger partial charge in [0, 0.05) is 5.56 Å². The van der Waals surface area contributed by atoms with Crippen LogP contribution in [0.1, 0.15) is 15.9 Å². The molecule has 0 aliphatic carbocycles. The highest BCUT2D eigenvalue weighted by Crippen LogP contribution is 2.05. The third kappa shape index (κ3) is 2.11. The van der Waals surface area contributed by atoms with E-state index in [1.54, 1.807) is 18.2 Å². The average Bonchev–Trinajstić information content (AvgIpc) is 2.79. The molecule has 1 heterocycles. The molecule has 6 nitrogen and oxygen atoms in total. The fourth-order valence-corrected chi connectivity index (χ4v) is 1.19. The molecule has 1 aromatic heterocycles. The molecule has 0 bridgehead atoms. The highest BCUT2D eigenvalue weighted by atomic mass is 16.4. The maximum atomic E-state index is 10.9. The van der Waals surface area contributed by atoms with Crippen molar-refractivity contribution in [3.63, 3.8) is 0 Å². The number of hydrogen-bond acceptors (Lipinski definition) is 4. The fourth-order valence-electron chi connectivity index (χ4n) is 1.19. The number of rotatable bonds is 3. The molecule has 0 fully saturated rings. The van der Waals surface area contributed by atoms with E-state index in [0.29, 0.717) is 5.56 Å². The molecule has 0 radical (unpaired) electrons. The molecule has 0 saturated carbocycles. The van der Waals surface area contributed by atoms with Gasteiger partial charge in [0.25, 0.3) is 0 Å². The molecule has 0 saturated heterocycles. The minimum Gasteiger partial charge on any atom is -0.478 e. The number of hydrogen-bond donors (Lipinski definition) is 1. The van der Waals surface area contributed by atoms with Gasteiger partial charge in [-0.1, -0.05) is 18.2 Å². The fraction of sp³-hybridized carbons (Fsp3) is 0. The van der Waals surface area contributed by atoms with E-state index in [4.69, 9.17) is 5.11 Å². The molecule has 0 aliphatic heterocycles. The van der Waals surface area contributed by atoms with E-state index < -0.39 is 5.97 Å². The first-order valence-corrected chi connectivity index (χ1v) is 4.48. The minimum absolute atomic E-state index is 0.208. The van der Waals surface area contributed by atoms with Gasteiger partial charge < -0.3 is 5.11 Å². The number of carboxylic acid groups (broad SMARTS) is 1. The standard InChI is InChI=1S/C10H8N4O2/c15-10(16)9-4-2-1-3-8(9)5-13-14-6-11-12-7-14/h1-7H,(H,15,16)/b13-5-. The molecule has 0 amide bonds. The van der Waals surface area contributed by atoms with E-state index in [-0.39, 0.29) is 5.56 Å². The van der Waals surface area contributed by atoms with E-state index in [0.717, 1.165) is 0 Å². The summed E-state index contributed by atoms with van der Waals surface area (Å²) in [5.41, 5.74) is 0.739. The van der Waals surface area contributed by atoms with Gasteiger partial charge in [-0.15, -0.1) is 10.2 Å². The van der Waals surface area contributed by atoms with Crippen molar-refractivity contribution in [3.05, 3.63) is 48.0 Å². The number of benzene rings is 1. The second-order valence-electron chi connectivity index (χ2n) is 2.98. The van der Waals surface area contributed by atoms with Gasteiger partial charge in [0.2, 0.25) is 0 Å². The summed E-state index contributed by atoms with van der Waals surface area (Å²) in [6.45, 7) is 0. The van der Waals surface area contributed by atoms with E-state index >= 15 is 0 Å². The Morgan fingerprint density at radius 1 is 1.31 bits per heavy atom. The molecule has 2 aromatic rings. The predicted molar refractivity (Wildman–Crippen MR) is 56.4 cm³/mol. The van der Waals surface area contributed by atoms with Crippen LogP contribution in [0.25, 0.3) is 0 Å². The van der Waals surface area contributed by atoms with Crippen LogP contribution in [0.3, 0.4) is 0 Å². The summed E-state index contributed by atoms with van der Waals surface area (Å²) in [6.07, 6.45) is 4.28. The van der Waals surface area contributed by atoms with Crippen molar-refractivity contribution in [2.45, 2.75) is 0 Å². The lowest BCUT2D eigenvalue weighted by atomic mass is 10.1. The normalized spacial score (nSPS) is 10.8. The molecule has 0 aliphatic rings. The molecule has 0 spiro atoms. The van der Waals surface area contributed by atoms with Gasteiger partial charge in [-0.2, -0.15) is 5.10 Å². The highest BCUT2D eigenvalue weighted by Gasteiger charge is 2.06. The smallest absolute Gasteiger partial charge is 0.336 e. The Bertz CT molecular complexity index is 519. The zero-order valence-corrected chi connectivity index (χ0v) is 8.19. The Morgan fingerprint density at radius 2 is 2.00 bits per heavy atom. The summed E-state index contributed by atoms with van der Waals surface area (Å²) in [5.74, 6) is -0.981. The van der Waals surface area contributed by atoms with Gasteiger partial charge in [-0.05, 0) is 6.07 Å². The summed E-state index contributed by atoms with van der Waals surface area (Å²) in [4.78, 5) is 10.9. The number of carbonyl (C=O) groups is 1. The van der Waals surface area contributed by atoms with Crippen LogP contribution in [-0.2, 0) is 0 Å². The maximum absolute atomic E-state index is 10.9. The van der Waals surface area contributed by atoms with Crippen LogP contribution in [0.5, 0.6) is 0 Å². The van der Waals surface area contributed by atoms with Crippen LogP contribution < -0.4 is 0 Å². The molecule has 6 heteroatoms. The summed E-state index contributed by atoms with van der Waals surface area (Å²) < 4.78 is 1.39. The van der Waals surface area contributed by atoms with Crippen molar-refractivity contribution in [2.75, 3.05) is 0 Å². The Balaban J connectivity index is 2.31. The molecule has 2 rings (SSSR count). The van der Waals surface area contributed by atoms with Gasteiger partial charge in [0.1, 0.15) is 12.7 Å². The van der Waals surface area contributed by atoms with Crippen molar-refractivity contribution in [1.29, 1.82) is 0 Å². The lowest BCUT2D eigenvalue weighted by molar-refractivity contribution is 0.0697. The number of nitrogens with zero attached hydrogens (tertiary/aromatic N) is 4. The predicted octanol–water partition coefficient (Wildman–Crippen LogP) is 0.858. The third-order valence-corrected chi connectivity index (χ3v) is 1.93. The van der Waals surface area contributed by atoms with Crippen LogP contribution in [0.15, 0.2) is 42.0 Å². The zero-order valence-electron chi connectivity index (χ0n) is 8.19. The lowest BCUT2D eigenvalue weighted by Crippen LogP contribution is -2.01. The van der Waals surface area contributed by atoms with Gasteiger partial charge in [0.15, 0.2) is 0 Å².